The second kappa shape index (κ2) is 5.94. The lowest BCUT2D eigenvalue weighted by molar-refractivity contribution is -0.0546. The maximum atomic E-state index is 13.1. The zero-order valence-corrected chi connectivity index (χ0v) is 12.0. The lowest BCUT2D eigenvalue weighted by Crippen LogP contribution is -2.39. The van der Waals surface area contributed by atoms with Crippen LogP contribution in [0.2, 0.25) is 0 Å². The summed E-state index contributed by atoms with van der Waals surface area (Å²) in [5.41, 5.74) is 0.957. The highest BCUT2D eigenvalue weighted by Gasteiger charge is 2.40. The summed E-state index contributed by atoms with van der Waals surface area (Å²) in [5, 5.41) is 11.2. The molecule has 0 unspecified atom stereocenters. The molecule has 110 valence electrons. The van der Waals surface area contributed by atoms with Crippen LogP contribution in [-0.4, -0.2) is 10.1 Å². The molecule has 1 aliphatic carbocycles. The predicted octanol–water partition coefficient (Wildman–Crippen LogP) is 3.84. The Morgan fingerprint density at radius 3 is 2.67 bits per heavy atom. The van der Waals surface area contributed by atoms with E-state index < -0.39 is 5.60 Å². The Kier molecular flexibility index (Phi) is 4.02. The van der Waals surface area contributed by atoms with Crippen molar-refractivity contribution >= 4 is 0 Å². The molecule has 0 radical (unpaired) electrons. The molecular formula is C18H20FNO. The van der Waals surface area contributed by atoms with Crippen LogP contribution >= 0.6 is 0 Å². The van der Waals surface area contributed by atoms with Crippen LogP contribution in [0.4, 0.5) is 4.39 Å². The predicted molar refractivity (Wildman–Crippen MR) is 80.2 cm³/mol. The van der Waals surface area contributed by atoms with Gasteiger partial charge in [0.2, 0.25) is 0 Å². The summed E-state index contributed by atoms with van der Waals surface area (Å²) in [6, 6.07) is 12.2. The van der Waals surface area contributed by atoms with Gasteiger partial charge >= 0.3 is 0 Å². The van der Waals surface area contributed by atoms with Gasteiger partial charge in [0.05, 0.1) is 5.60 Å². The first-order valence-electron chi connectivity index (χ1n) is 7.57. The topological polar surface area (TPSA) is 33.1 Å². The highest BCUT2D eigenvalue weighted by molar-refractivity contribution is 5.25. The minimum Gasteiger partial charge on any atom is -0.385 e. The zero-order chi connectivity index (χ0) is 14.7. The molecule has 2 atom stereocenters. The SMILES string of the molecule is O[C@]1(c2ccc(F)cc2)CCCC[C@@H]1Cc1ccccn1. The van der Waals surface area contributed by atoms with Gasteiger partial charge in [-0.2, -0.15) is 0 Å². The fourth-order valence-corrected chi connectivity index (χ4v) is 3.39. The summed E-state index contributed by atoms with van der Waals surface area (Å²) in [6.45, 7) is 0. The number of rotatable bonds is 3. The van der Waals surface area contributed by atoms with E-state index in [1.807, 2.05) is 18.2 Å². The summed E-state index contributed by atoms with van der Waals surface area (Å²) < 4.78 is 13.1. The van der Waals surface area contributed by atoms with Crippen molar-refractivity contribution in [1.29, 1.82) is 0 Å². The van der Waals surface area contributed by atoms with Gasteiger partial charge in [0.25, 0.3) is 0 Å². The maximum Gasteiger partial charge on any atom is 0.123 e. The quantitative estimate of drug-likeness (QED) is 0.929. The van der Waals surface area contributed by atoms with Crippen LogP contribution in [0.5, 0.6) is 0 Å². The third-order valence-corrected chi connectivity index (χ3v) is 4.56. The van der Waals surface area contributed by atoms with E-state index in [0.29, 0.717) is 0 Å². The van der Waals surface area contributed by atoms with Gasteiger partial charge < -0.3 is 5.11 Å². The van der Waals surface area contributed by atoms with Gasteiger partial charge in [-0.25, -0.2) is 4.39 Å². The van der Waals surface area contributed by atoms with Crippen LogP contribution in [0, 0.1) is 11.7 Å². The number of pyridine rings is 1. The van der Waals surface area contributed by atoms with E-state index in [1.54, 1.807) is 18.3 Å². The summed E-state index contributed by atoms with van der Waals surface area (Å²) in [6.07, 6.45) is 6.39. The van der Waals surface area contributed by atoms with Crippen LogP contribution in [0.3, 0.4) is 0 Å². The van der Waals surface area contributed by atoms with Crippen molar-refractivity contribution < 1.29 is 9.50 Å². The molecule has 1 N–H and O–H groups in total. The van der Waals surface area contributed by atoms with Crippen LogP contribution in [0.25, 0.3) is 0 Å². The second-order valence-electron chi connectivity index (χ2n) is 5.90. The molecule has 0 saturated heterocycles. The average Bonchev–Trinajstić information content (AvgIpc) is 2.51. The van der Waals surface area contributed by atoms with Crippen LogP contribution < -0.4 is 0 Å². The number of halogens is 1. The van der Waals surface area contributed by atoms with Crippen molar-refractivity contribution in [2.75, 3.05) is 0 Å². The molecule has 1 aromatic heterocycles. The smallest absolute Gasteiger partial charge is 0.123 e. The van der Waals surface area contributed by atoms with Gasteiger partial charge in [0.15, 0.2) is 0 Å². The maximum absolute atomic E-state index is 13.1. The average molecular weight is 285 g/mol. The van der Waals surface area contributed by atoms with Crippen LogP contribution in [-0.2, 0) is 12.0 Å². The third-order valence-electron chi connectivity index (χ3n) is 4.56. The molecular weight excluding hydrogens is 265 g/mol. The summed E-state index contributed by atoms with van der Waals surface area (Å²) in [7, 11) is 0. The Balaban J connectivity index is 1.88. The van der Waals surface area contributed by atoms with Crippen molar-refractivity contribution in [2.24, 2.45) is 5.92 Å². The molecule has 0 spiro atoms. The number of aromatic nitrogens is 1. The van der Waals surface area contributed by atoms with E-state index in [4.69, 9.17) is 0 Å². The van der Waals surface area contributed by atoms with E-state index in [1.165, 1.54) is 12.1 Å². The van der Waals surface area contributed by atoms with Crippen molar-refractivity contribution in [2.45, 2.75) is 37.7 Å². The van der Waals surface area contributed by atoms with E-state index in [-0.39, 0.29) is 11.7 Å². The molecule has 1 fully saturated rings. The van der Waals surface area contributed by atoms with E-state index in [2.05, 4.69) is 4.98 Å². The monoisotopic (exact) mass is 285 g/mol. The molecule has 0 bridgehead atoms. The van der Waals surface area contributed by atoms with Gasteiger partial charge in [-0.05, 0) is 55.0 Å². The summed E-state index contributed by atoms with van der Waals surface area (Å²) >= 11 is 0. The third kappa shape index (κ3) is 2.98. The molecule has 1 aliphatic rings. The van der Waals surface area contributed by atoms with Crippen molar-refractivity contribution in [3.63, 3.8) is 0 Å². The first kappa shape index (κ1) is 14.2. The van der Waals surface area contributed by atoms with Crippen molar-refractivity contribution in [3.8, 4) is 0 Å². The molecule has 1 aromatic carbocycles. The molecule has 1 saturated carbocycles. The molecule has 0 amide bonds. The number of aliphatic hydroxyl groups is 1. The van der Waals surface area contributed by atoms with E-state index >= 15 is 0 Å². The van der Waals surface area contributed by atoms with E-state index in [9.17, 15) is 9.50 Å². The Bertz CT molecular complexity index is 584. The molecule has 2 aromatic rings. The highest BCUT2D eigenvalue weighted by atomic mass is 19.1. The number of hydrogen-bond acceptors (Lipinski definition) is 2. The van der Waals surface area contributed by atoms with Gasteiger partial charge in [-0.1, -0.05) is 31.0 Å². The molecule has 0 aliphatic heterocycles. The molecule has 21 heavy (non-hydrogen) atoms. The Labute approximate surface area is 124 Å². The first-order chi connectivity index (χ1) is 10.2. The number of hydrogen-bond donors (Lipinski definition) is 1. The summed E-state index contributed by atoms with van der Waals surface area (Å²) in [5.74, 6) is -0.133. The normalized spacial score (nSPS) is 25.7. The lowest BCUT2D eigenvalue weighted by atomic mass is 9.70. The minimum absolute atomic E-state index is 0.131. The highest BCUT2D eigenvalue weighted by Crippen LogP contribution is 2.43. The Morgan fingerprint density at radius 2 is 1.95 bits per heavy atom. The summed E-state index contributed by atoms with van der Waals surface area (Å²) in [4.78, 5) is 4.38. The van der Waals surface area contributed by atoms with Gasteiger partial charge in [-0.15, -0.1) is 0 Å². The largest absolute Gasteiger partial charge is 0.385 e. The lowest BCUT2D eigenvalue weighted by Gasteiger charge is -2.40. The van der Waals surface area contributed by atoms with Crippen molar-refractivity contribution in [1.82, 2.24) is 4.98 Å². The van der Waals surface area contributed by atoms with Gasteiger partial charge in [0, 0.05) is 11.9 Å². The Hall–Kier alpha value is -1.74. The number of nitrogens with zero attached hydrogens (tertiary/aromatic N) is 1. The standard InChI is InChI=1S/C18H20FNO/c19-16-9-7-14(8-10-16)18(21)11-3-1-5-15(18)13-17-6-2-4-12-20-17/h2,4,6-10,12,15,21H,1,3,5,11,13H2/t15-,18+/m1/s1. The van der Waals surface area contributed by atoms with Crippen LogP contribution in [0.15, 0.2) is 48.7 Å². The zero-order valence-electron chi connectivity index (χ0n) is 12.0. The van der Waals surface area contributed by atoms with E-state index in [0.717, 1.165) is 43.4 Å². The van der Waals surface area contributed by atoms with Gasteiger partial charge in [-0.3, -0.25) is 4.98 Å². The number of benzene rings is 1. The second-order valence-corrected chi connectivity index (χ2v) is 5.90. The molecule has 3 rings (SSSR count). The van der Waals surface area contributed by atoms with Crippen molar-refractivity contribution in [3.05, 3.63) is 65.7 Å². The minimum atomic E-state index is -0.872. The van der Waals surface area contributed by atoms with Crippen LogP contribution in [0.1, 0.15) is 36.9 Å². The first-order valence-corrected chi connectivity index (χ1v) is 7.57. The molecule has 1 heterocycles. The molecule has 2 nitrogen and oxygen atoms in total. The fraction of sp³-hybridized carbons (Fsp3) is 0.389. The Morgan fingerprint density at radius 1 is 1.14 bits per heavy atom. The molecule has 3 heteroatoms. The fourth-order valence-electron chi connectivity index (χ4n) is 3.39. The van der Waals surface area contributed by atoms with Gasteiger partial charge in [0.1, 0.15) is 5.82 Å².